The van der Waals surface area contributed by atoms with Crippen molar-refractivity contribution in [3.63, 3.8) is 0 Å². The molecule has 0 spiro atoms. The zero-order valence-corrected chi connectivity index (χ0v) is 11.3. The van der Waals surface area contributed by atoms with Crippen LogP contribution in [0.3, 0.4) is 0 Å². The molecule has 2 heteroatoms. The van der Waals surface area contributed by atoms with Gasteiger partial charge in [0.15, 0.2) is 0 Å². The third kappa shape index (κ3) is 1.79. The molecule has 2 fully saturated rings. The van der Waals surface area contributed by atoms with E-state index in [0.29, 0.717) is 6.04 Å². The highest BCUT2D eigenvalue weighted by Crippen LogP contribution is 2.55. The first kappa shape index (κ1) is 11.0. The van der Waals surface area contributed by atoms with E-state index in [4.69, 9.17) is 5.73 Å². The van der Waals surface area contributed by atoms with Gasteiger partial charge in [-0.2, -0.15) is 0 Å². The number of nitrogens with two attached hydrogens (primary N) is 1. The fourth-order valence-corrected chi connectivity index (χ4v) is 4.70. The summed E-state index contributed by atoms with van der Waals surface area (Å²) in [5, 5.41) is 3.72. The van der Waals surface area contributed by atoms with Crippen LogP contribution < -0.4 is 5.73 Å². The van der Waals surface area contributed by atoms with Gasteiger partial charge in [0, 0.05) is 10.7 Å². The summed E-state index contributed by atoms with van der Waals surface area (Å²) in [6.07, 6.45) is 5.35. The molecule has 0 saturated heterocycles. The second-order valence-electron chi connectivity index (χ2n) is 6.11. The molecule has 4 rings (SSSR count). The summed E-state index contributed by atoms with van der Waals surface area (Å²) in [7, 11) is 0. The van der Waals surface area contributed by atoms with Crippen molar-refractivity contribution in [1.82, 2.24) is 0 Å². The monoisotopic (exact) mass is 257 g/mol. The van der Waals surface area contributed by atoms with Crippen molar-refractivity contribution in [2.24, 2.45) is 23.5 Å². The Balaban J connectivity index is 1.53. The van der Waals surface area contributed by atoms with Crippen LogP contribution in [0.2, 0.25) is 0 Å². The Labute approximate surface area is 112 Å². The fraction of sp³-hybridized carbons (Fsp3) is 0.500. The standard InChI is InChI=1S/C16H19NS/c17-15(12-6-10-5-11(10)7-12)8-13-9-18-16-4-2-1-3-14(13)16/h1-4,9-12,15H,5-8,17H2. The summed E-state index contributed by atoms with van der Waals surface area (Å²) in [5.41, 5.74) is 7.91. The van der Waals surface area contributed by atoms with Crippen LogP contribution in [-0.4, -0.2) is 6.04 Å². The third-order valence-electron chi connectivity index (χ3n) is 4.90. The number of benzene rings is 1. The SMILES string of the molecule is NC(Cc1csc2ccccc12)C1CC2CC2C1. The first-order valence-electron chi connectivity index (χ1n) is 7.02. The van der Waals surface area contributed by atoms with Crippen LogP contribution in [0, 0.1) is 17.8 Å². The average molecular weight is 257 g/mol. The predicted octanol–water partition coefficient (Wildman–Crippen LogP) is 3.82. The van der Waals surface area contributed by atoms with E-state index in [9.17, 15) is 0 Å². The van der Waals surface area contributed by atoms with Crippen molar-refractivity contribution in [3.05, 3.63) is 35.2 Å². The highest BCUT2D eigenvalue weighted by atomic mass is 32.1. The number of hydrogen-bond donors (Lipinski definition) is 1. The number of hydrogen-bond acceptors (Lipinski definition) is 2. The van der Waals surface area contributed by atoms with Gasteiger partial charge >= 0.3 is 0 Å². The van der Waals surface area contributed by atoms with Crippen molar-refractivity contribution >= 4 is 21.4 Å². The quantitative estimate of drug-likeness (QED) is 0.889. The molecule has 2 aliphatic rings. The maximum absolute atomic E-state index is 6.45. The van der Waals surface area contributed by atoms with Gasteiger partial charge in [0.2, 0.25) is 0 Å². The molecule has 0 aliphatic heterocycles. The molecule has 1 nitrogen and oxygen atoms in total. The van der Waals surface area contributed by atoms with Crippen LogP contribution in [-0.2, 0) is 6.42 Å². The van der Waals surface area contributed by atoms with E-state index < -0.39 is 0 Å². The number of fused-ring (bicyclic) bond motifs is 2. The average Bonchev–Trinajstić information content (AvgIpc) is 2.84. The fourth-order valence-electron chi connectivity index (χ4n) is 3.72. The third-order valence-corrected chi connectivity index (χ3v) is 5.91. The second-order valence-corrected chi connectivity index (χ2v) is 7.02. The molecule has 1 aromatic carbocycles. The molecular weight excluding hydrogens is 238 g/mol. The molecule has 2 saturated carbocycles. The Hall–Kier alpha value is -0.860. The lowest BCUT2D eigenvalue weighted by molar-refractivity contribution is 0.393. The Kier molecular flexibility index (Phi) is 2.49. The van der Waals surface area contributed by atoms with Crippen molar-refractivity contribution in [2.45, 2.75) is 31.7 Å². The Bertz CT molecular complexity index is 563. The molecule has 1 heterocycles. The molecular formula is C16H19NS. The van der Waals surface area contributed by atoms with Gasteiger partial charge in [-0.3, -0.25) is 0 Å². The van der Waals surface area contributed by atoms with Gasteiger partial charge in [-0.1, -0.05) is 18.2 Å². The van der Waals surface area contributed by atoms with Gasteiger partial charge in [0.25, 0.3) is 0 Å². The molecule has 3 atom stereocenters. The molecule has 3 unspecified atom stereocenters. The van der Waals surface area contributed by atoms with Gasteiger partial charge in [0.05, 0.1) is 0 Å². The van der Waals surface area contributed by atoms with Gasteiger partial charge in [-0.15, -0.1) is 11.3 Å². The summed E-state index contributed by atoms with van der Waals surface area (Å²) in [6.45, 7) is 0. The topological polar surface area (TPSA) is 26.0 Å². The van der Waals surface area contributed by atoms with E-state index >= 15 is 0 Å². The van der Waals surface area contributed by atoms with E-state index in [0.717, 1.165) is 24.2 Å². The van der Waals surface area contributed by atoms with Gasteiger partial charge in [0.1, 0.15) is 0 Å². The van der Waals surface area contributed by atoms with Crippen molar-refractivity contribution in [2.75, 3.05) is 0 Å². The maximum atomic E-state index is 6.45. The lowest BCUT2D eigenvalue weighted by Gasteiger charge is -2.20. The second kappa shape index (κ2) is 4.07. The number of rotatable bonds is 3. The van der Waals surface area contributed by atoms with Crippen molar-refractivity contribution in [3.8, 4) is 0 Å². The number of thiophene rings is 1. The summed E-state index contributed by atoms with van der Waals surface area (Å²) in [5.74, 6) is 2.87. The minimum atomic E-state index is 0.371. The molecule has 2 aliphatic carbocycles. The van der Waals surface area contributed by atoms with E-state index in [-0.39, 0.29) is 0 Å². The van der Waals surface area contributed by atoms with E-state index in [1.807, 2.05) is 11.3 Å². The molecule has 0 radical (unpaired) electrons. The van der Waals surface area contributed by atoms with Crippen molar-refractivity contribution in [1.29, 1.82) is 0 Å². The lowest BCUT2D eigenvalue weighted by atomic mass is 9.90. The summed E-state index contributed by atoms with van der Waals surface area (Å²) in [4.78, 5) is 0. The Morgan fingerprint density at radius 3 is 2.78 bits per heavy atom. The molecule has 0 bridgehead atoms. The zero-order valence-electron chi connectivity index (χ0n) is 10.5. The lowest BCUT2D eigenvalue weighted by Crippen LogP contribution is -2.31. The smallest absolute Gasteiger partial charge is 0.0345 e. The molecule has 1 aromatic heterocycles. The summed E-state index contributed by atoms with van der Waals surface area (Å²) >= 11 is 1.85. The largest absolute Gasteiger partial charge is 0.327 e. The van der Waals surface area contributed by atoms with Crippen LogP contribution in [0.4, 0.5) is 0 Å². The van der Waals surface area contributed by atoms with Crippen LogP contribution in [0.15, 0.2) is 29.6 Å². The van der Waals surface area contributed by atoms with Crippen LogP contribution in [0.25, 0.3) is 10.1 Å². The van der Waals surface area contributed by atoms with Gasteiger partial charge in [-0.25, -0.2) is 0 Å². The minimum absolute atomic E-state index is 0.371. The predicted molar refractivity (Wildman–Crippen MR) is 77.8 cm³/mol. The van der Waals surface area contributed by atoms with E-state index in [2.05, 4.69) is 29.6 Å². The molecule has 18 heavy (non-hydrogen) atoms. The molecule has 2 aromatic rings. The van der Waals surface area contributed by atoms with E-state index in [1.165, 1.54) is 34.9 Å². The summed E-state index contributed by atoms with van der Waals surface area (Å²) < 4.78 is 1.40. The highest BCUT2D eigenvalue weighted by Gasteiger charge is 2.47. The molecule has 2 N–H and O–H groups in total. The van der Waals surface area contributed by atoms with Crippen LogP contribution in [0.1, 0.15) is 24.8 Å². The Morgan fingerprint density at radius 1 is 1.17 bits per heavy atom. The highest BCUT2D eigenvalue weighted by molar-refractivity contribution is 7.17. The van der Waals surface area contributed by atoms with E-state index in [1.54, 1.807) is 0 Å². The molecule has 94 valence electrons. The zero-order chi connectivity index (χ0) is 12.1. The molecule has 0 amide bonds. The van der Waals surface area contributed by atoms with Gasteiger partial charge < -0.3 is 5.73 Å². The first-order chi connectivity index (χ1) is 8.81. The maximum Gasteiger partial charge on any atom is 0.0345 e. The summed E-state index contributed by atoms with van der Waals surface area (Å²) in [6, 6.07) is 9.07. The van der Waals surface area contributed by atoms with Crippen LogP contribution >= 0.6 is 11.3 Å². The minimum Gasteiger partial charge on any atom is -0.327 e. The first-order valence-corrected chi connectivity index (χ1v) is 7.90. The Morgan fingerprint density at radius 2 is 1.94 bits per heavy atom. The van der Waals surface area contributed by atoms with Crippen molar-refractivity contribution < 1.29 is 0 Å². The van der Waals surface area contributed by atoms with Crippen LogP contribution in [0.5, 0.6) is 0 Å². The van der Waals surface area contributed by atoms with Gasteiger partial charge in [-0.05, 0) is 65.8 Å². The normalized spacial score (nSPS) is 31.5.